The van der Waals surface area contributed by atoms with E-state index in [1.165, 1.54) is 24.3 Å². The van der Waals surface area contributed by atoms with E-state index in [4.69, 9.17) is 9.47 Å². The standard InChI is InChI=1S/C23H28N2O6S/c1-4-30-22(27)23(13-14-23)17-5-7-18(8-6-17)24-21(26)15-31-19-9-11-20(12-10-19)32(28,29)25-16(2)3/h5-12,16,25H,4,13-15H2,1-3H3,(H,24,26). The molecule has 0 aliphatic heterocycles. The van der Waals surface area contributed by atoms with Crippen molar-refractivity contribution in [3.8, 4) is 5.75 Å². The molecule has 9 heteroatoms. The van der Waals surface area contributed by atoms with Gasteiger partial charge in [0.1, 0.15) is 5.75 Å². The predicted molar refractivity (Wildman–Crippen MR) is 120 cm³/mol. The number of nitrogens with one attached hydrogen (secondary N) is 2. The van der Waals surface area contributed by atoms with Crippen molar-refractivity contribution >= 4 is 27.6 Å². The van der Waals surface area contributed by atoms with E-state index < -0.39 is 15.4 Å². The van der Waals surface area contributed by atoms with E-state index in [2.05, 4.69) is 10.0 Å². The van der Waals surface area contributed by atoms with Crippen LogP contribution in [0.25, 0.3) is 0 Å². The molecule has 0 bridgehead atoms. The second kappa shape index (κ2) is 9.70. The highest BCUT2D eigenvalue weighted by atomic mass is 32.2. The maximum absolute atomic E-state index is 12.2. The van der Waals surface area contributed by atoms with E-state index in [9.17, 15) is 18.0 Å². The molecule has 0 atom stereocenters. The first-order chi connectivity index (χ1) is 15.2. The van der Waals surface area contributed by atoms with E-state index in [0.717, 1.165) is 18.4 Å². The third-order valence-corrected chi connectivity index (χ3v) is 6.71. The Kier molecular flexibility index (Phi) is 7.20. The first-order valence-electron chi connectivity index (χ1n) is 10.5. The number of benzene rings is 2. The third kappa shape index (κ3) is 5.66. The number of sulfonamides is 1. The van der Waals surface area contributed by atoms with Gasteiger partial charge >= 0.3 is 5.97 Å². The summed E-state index contributed by atoms with van der Waals surface area (Å²) in [6.07, 6.45) is 1.53. The maximum Gasteiger partial charge on any atom is 0.316 e. The summed E-state index contributed by atoms with van der Waals surface area (Å²) in [6, 6.07) is 12.8. The number of ether oxygens (including phenoxy) is 2. The van der Waals surface area contributed by atoms with E-state index in [-0.39, 0.29) is 29.4 Å². The van der Waals surface area contributed by atoms with Gasteiger partial charge in [-0.2, -0.15) is 0 Å². The molecule has 0 radical (unpaired) electrons. The fourth-order valence-electron chi connectivity index (χ4n) is 3.32. The average Bonchev–Trinajstić information content (AvgIpc) is 3.54. The first-order valence-corrected chi connectivity index (χ1v) is 12.0. The summed E-state index contributed by atoms with van der Waals surface area (Å²) in [7, 11) is -3.58. The van der Waals surface area contributed by atoms with Gasteiger partial charge in [-0.25, -0.2) is 13.1 Å². The molecule has 2 aromatic rings. The van der Waals surface area contributed by atoms with Crippen molar-refractivity contribution in [2.45, 2.75) is 50.0 Å². The van der Waals surface area contributed by atoms with Crippen LogP contribution in [0.4, 0.5) is 5.69 Å². The van der Waals surface area contributed by atoms with Crippen LogP contribution < -0.4 is 14.8 Å². The molecule has 0 unspecified atom stereocenters. The monoisotopic (exact) mass is 460 g/mol. The molecule has 1 amide bonds. The van der Waals surface area contributed by atoms with E-state index in [1.54, 1.807) is 32.9 Å². The Balaban J connectivity index is 1.53. The average molecular weight is 461 g/mol. The lowest BCUT2D eigenvalue weighted by Crippen LogP contribution is -2.30. The molecule has 1 fully saturated rings. The Hall–Kier alpha value is -2.91. The summed E-state index contributed by atoms with van der Waals surface area (Å²) in [4.78, 5) is 24.5. The largest absolute Gasteiger partial charge is 0.484 e. The van der Waals surface area contributed by atoms with Gasteiger partial charge in [0, 0.05) is 11.7 Å². The number of carbonyl (C=O) groups is 2. The van der Waals surface area contributed by atoms with Gasteiger partial charge in [-0.1, -0.05) is 12.1 Å². The Morgan fingerprint density at radius 3 is 2.19 bits per heavy atom. The van der Waals surface area contributed by atoms with E-state index in [1.807, 2.05) is 12.1 Å². The Labute approximate surface area is 188 Å². The van der Waals surface area contributed by atoms with Crippen LogP contribution in [0.1, 0.15) is 39.2 Å². The predicted octanol–water partition coefficient (Wildman–Crippen LogP) is 2.99. The highest BCUT2D eigenvalue weighted by Crippen LogP contribution is 2.49. The number of hydrogen-bond donors (Lipinski definition) is 2. The lowest BCUT2D eigenvalue weighted by atomic mass is 9.96. The van der Waals surface area contributed by atoms with Crippen LogP contribution in [-0.4, -0.2) is 39.5 Å². The number of esters is 1. The molecular weight excluding hydrogens is 432 g/mol. The summed E-state index contributed by atoms with van der Waals surface area (Å²) in [6.45, 7) is 5.39. The number of rotatable bonds is 10. The molecule has 0 spiro atoms. The molecule has 0 aromatic heterocycles. The normalized spacial score (nSPS) is 14.6. The number of anilines is 1. The second-order valence-corrected chi connectivity index (χ2v) is 9.68. The van der Waals surface area contributed by atoms with Crippen molar-refractivity contribution in [1.29, 1.82) is 0 Å². The minimum atomic E-state index is -3.58. The van der Waals surface area contributed by atoms with Crippen molar-refractivity contribution in [1.82, 2.24) is 4.72 Å². The molecule has 32 heavy (non-hydrogen) atoms. The van der Waals surface area contributed by atoms with E-state index >= 15 is 0 Å². The highest BCUT2D eigenvalue weighted by Gasteiger charge is 2.52. The quantitative estimate of drug-likeness (QED) is 0.528. The molecule has 172 valence electrons. The van der Waals surface area contributed by atoms with Crippen LogP contribution in [0.15, 0.2) is 53.4 Å². The van der Waals surface area contributed by atoms with Crippen LogP contribution in [0.5, 0.6) is 5.75 Å². The van der Waals surface area contributed by atoms with E-state index in [0.29, 0.717) is 18.0 Å². The van der Waals surface area contributed by atoms with Crippen molar-refractivity contribution in [2.75, 3.05) is 18.5 Å². The second-order valence-electron chi connectivity index (χ2n) is 7.96. The SMILES string of the molecule is CCOC(=O)C1(c2ccc(NC(=O)COc3ccc(S(=O)(=O)NC(C)C)cc3)cc2)CC1. The smallest absolute Gasteiger partial charge is 0.316 e. The van der Waals surface area contributed by atoms with Gasteiger partial charge in [-0.05, 0) is 75.6 Å². The van der Waals surface area contributed by atoms with Gasteiger partial charge in [-0.3, -0.25) is 9.59 Å². The molecular formula is C23H28N2O6S. The van der Waals surface area contributed by atoms with Gasteiger partial charge in [0.2, 0.25) is 10.0 Å². The molecule has 1 aliphatic carbocycles. The highest BCUT2D eigenvalue weighted by molar-refractivity contribution is 7.89. The topological polar surface area (TPSA) is 111 Å². The van der Waals surface area contributed by atoms with Crippen molar-refractivity contribution < 1.29 is 27.5 Å². The first kappa shape index (κ1) is 23.7. The Bertz CT molecular complexity index is 1060. The van der Waals surface area contributed by atoms with Crippen LogP contribution in [0.3, 0.4) is 0 Å². The minimum Gasteiger partial charge on any atom is -0.484 e. The summed E-state index contributed by atoms with van der Waals surface area (Å²) in [5, 5.41) is 2.74. The Morgan fingerprint density at radius 1 is 1.03 bits per heavy atom. The third-order valence-electron chi connectivity index (χ3n) is 5.03. The molecule has 0 heterocycles. The van der Waals surface area contributed by atoms with Gasteiger partial charge < -0.3 is 14.8 Å². The summed E-state index contributed by atoms with van der Waals surface area (Å²) in [5.41, 5.74) is 0.918. The van der Waals surface area contributed by atoms with Crippen LogP contribution in [0, 0.1) is 0 Å². The summed E-state index contributed by atoms with van der Waals surface area (Å²) < 4.78 is 37.4. The molecule has 1 aliphatic rings. The molecule has 8 nitrogen and oxygen atoms in total. The number of hydrogen-bond acceptors (Lipinski definition) is 6. The molecule has 3 rings (SSSR count). The summed E-state index contributed by atoms with van der Waals surface area (Å²) >= 11 is 0. The fourth-order valence-corrected chi connectivity index (χ4v) is 4.57. The molecule has 2 N–H and O–H groups in total. The number of amides is 1. The van der Waals surface area contributed by atoms with Crippen molar-refractivity contribution in [2.24, 2.45) is 0 Å². The van der Waals surface area contributed by atoms with Gasteiger partial charge in [0.15, 0.2) is 6.61 Å². The molecule has 2 aromatic carbocycles. The minimum absolute atomic E-state index is 0.124. The van der Waals surface area contributed by atoms with Gasteiger partial charge in [0.05, 0.1) is 16.9 Å². The van der Waals surface area contributed by atoms with Crippen molar-refractivity contribution in [3.05, 3.63) is 54.1 Å². The molecule has 0 saturated heterocycles. The van der Waals surface area contributed by atoms with Gasteiger partial charge in [-0.15, -0.1) is 0 Å². The van der Waals surface area contributed by atoms with Gasteiger partial charge in [0.25, 0.3) is 5.91 Å². The number of carbonyl (C=O) groups excluding carboxylic acids is 2. The zero-order chi connectivity index (χ0) is 23.4. The molecule has 1 saturated carbocycles. The van der Waals surface area contributed by atoms with Crippen molar-refractivity contribution in [3.63, 3.8) is 0 Å². The van der Waals surface area contributed by atoms with Crippen LogP contribution in [-0.2, 0) is 29.8 Å². The Morgan fingerprint density at radius 2 is 1.66 bits per heavy atom. The fraction of sp³-hybridized carbons (Fsp3) is 0.391. The maximum atomic E-state index is 12.2. The van der Waals surface area contributed by atoms with Crippen LogP contribution >= 0.6 is 0 Å². The summed E-state index contributed by atoms with van der Waals surface area (Å²) in [5.74, 6) is -0.185. The van der Waals surface area contributed by atoms with Crippen LogP contribution in [0.2, 0.25) is 0 Å². The lowest BCUT2D eigenvalue weighted by molar-refractivity contribution is -0.146. The zero-order valence-electron chi connectivity index (χ0n) is 18.4. The zero-order valence-corrected chi connectivity index (χ0v) is 19.2. The lowest BCUT2D eigenvalue weighted by Gasteiger charge is -2.15.